The summed E-state index contributed by atoms with van der Waals surface area (Å²) in [5.74, 6) is -0.665. The van der Waals surface area contributed by atoms with Crippen molar-refractivity contribution in [3.63, 3.8) is 0 Å². The minimum absolute atomic E-state index is 0.0957. The molecule has 0 saturated carbocycles. The Bertz CT molecular complexity index is 1120. The first-order valence-corrected chi connectivity index (χ1v) is 14.6. The van der Waals surface area contributed by atoms with Gasteiger partial charge in [0.15, 0.2) is 0 Å². The van der Waals surface area contributed by atoms with Crippen molar-refractivity contribution in [2.24, 2.45) is 0 Å². The predicted octanol–water partition coefficient (Wildman–Crippen LogP) is 3.98. The number of benzene rings is 2. The number of nitrogens with zero attached hydrogens (tertiary/aromatic N) is 1. The third-order valence-electron chi connectivity index (χ3n) is 5.70. The van der Waals surface area contributed by atoms with Gasteiger partial charge in [-0.25, -0.2) is 4.79 Å². The van der Waals surface area contributed by atoms with Crippen LogP contribution in [0.1, 0.15) is 74.9 Å². The van der Waals surface area contributed by atoms with Crippen molar-refractivity contribution < 1.29 is 33.4 Å². The van der Waals surface area contributed by atoms with Crippen LogP contribution in [-0.4, -0.2) is 69.6 Å². The molecule has 0 aromatic heterocycles. The first-order chi connectivity index (χ1) is 19.0. The summed E-state index contributed by atoms with van der Waals surface area (Å²) in [4.78, 5) is 47.7. The van der Waals surface area contributed by atoms with Crippen molar-refractivity contribution in [2.75, 3.05) is 13.2 Å². The number of ether oxygens (including phenoxy) is 3. The van der Waals surface area contributed by atoms with Gasteiger partial charge in [0.2, 0.25) is 0 Å². The smallest absolute Gasteiger partial charge is 0.338 e. The number of carbonyl (C=O) groups is 4. The van der Waals surface area contributed by atoms with Crippen LogP contribution in [0.3, 0.4) is 0 Å². The van der Waals surface area contributed by atoms with E-state index in [1.807, 2.05) is 55.5 Å². The standard InChI is InChI=1S/C22H35AsN2O5.C8H6O2/c1-5-15-29-20(27)18(16-17-11-7-6-8-12-17)25(23)19(26)13-9-10-14-24-21(28)30-22(2,3)4;9-8-7-4-2-1-3-6(7)5-10-8/h6-8,11-12,18H,5,9-10,13-16,23H2,1-4H3,(H,24,28);1-4H,5H2. The summed E-state index contributed by atoms with van der Waals surface area (Å²) < 4.78 is 16.8. The second kappa shape index (κ2) is 16.7. The van der Waals surface area contributed by atoms with Gasteiger partial charge in [-0.05, 0) is 6.07 Å². The molecule has 2 atom stereocenters. The number of amides is 2. The first-order valence-electron chi connectivity index (χ1n) is 13.5. The third kappa shape index (κ3) is 11.8. The zero-order chi connectivity index (χ0) is 29.5. The van der Waals surface area contributed by atoms with Gasteiger partial charge in [-0.2, -0.15) is 0 Å². The fraction of sp³-hybridized carbons (Fsp3) is 0.467. The topological polar surface area (TPSA) is 111 Å². The van der Waals surface area contributed by atoms with Gasteiger partial charge in [0, 0.05) is 5.56 Å². The minimum atomic E-state index is -0.633. The Morgan fingerprint density at radius 3 is 2.38 bits per heavy atom. The average Bonchev–Trinajstić information content (AvgIpc) is 3.30. The molecule has 0 fully saturated rings. The summed E-state index contributed by atoms with van der Waals surface area (Å²) >= 11 is 1.10. The molecule has 2 unspecified atom stereocenters. The van der Waals surface area contributed by atoms with Gasteiger partial charge in [0.05, 0.1) is 5.56 Å². The first kappa shape index (κ1) is 32.9. The zero-order valence-electron chi connectivity index (χ0n) is 23.8. The van der Waals surface area contributed by atoms with Crippen molar-refractivity contribution in [1.82, 2.24) is 9.13 Å². The maximum Gasteiger partial charge on any atom is 0.338 e. The summed E-state index contributed by atoms with van der Waals surface area (Å²) in [7, 11) is 0. The Morgan fingerprint density at radius 2 is 1.73 bits per heavy atom. The Balaban J connectivity index is 0.000000460. The number of hydrogen-bond acceptors (Lipinski definition) is 7. The molecule has 0 spiro atoms. The number of carbonyl (C=O) groups excluding carboxylic acids is 4. The zero-order valence-corrected chi connectivity index (χ0v) is 26.2. The molecule has 1 N–H and O–H groups in total. The number of esters is 2. The van der Waals surface area contributed by atoms with Gasteiger partial charge in [-0.1, -0.05) is 18.2 Å². The Morgan fingerprint density at radius 1 is 1.05 bits per heavy atom. The van der Waals surface area contributed by atoms with E-state index < -0.39 is 17.7 Å². The average molecular weight is 617 g/mol. The van der Waals surface area contributed by atoms with Crippen molar-refractivity contribution in [2.45, 2.75) is 78.0 Å². The summed E-state index contributed by atoms with van der Waals surface area (Å²) in [5, 5.41) is 2.68. The molecule has 0 radical (unpaired) electrons. The molecule has 218 valence electrons. The van der Waals surface area contributed by atoms with Gasteiger partial charge in [-0.3, -0.25) is 0 Å². The number of cyclic esters (lactones) is 1. The SMILES string of the molecule is CCCOC(=O)C(Cc1ccccc1)N([AsH2])C(=O)CCCCNC(=O)OC(C)(C)C.O=C1OCc2ccccc21. The second-order valence-electron chi connectivity index (χ2n) is 10.3. The van der Waals surface area contributed by atoms with Gasteiger partial charge >= 0.3 is 194 Å². The van der Waals surface area contributed by atoms with Crippen molar-refractivity contribution in [1.29, 1.82) is 0 Å². The van der Waals surface area contributed by atoms with Crippen LogP contribution in [0.25, 0.3) is 0 Å². The monoisotopic (exact) mass is 616 g/mol. The van der Waals surface area contributed by atoms with E-state index in [0.29, 0.717) is 51.0 Å². The van der Waals surface area contributed by atoms with Gasteiger partial charge in [0.25, 0.3) is 0 Å². The molecule has 1 aliphatic heterocycles. The van der Waals surface area contributed by atoms with E-state index >= 15 is 0 Å². The molecule has 0 aliphatic carbocycles. The number of fused-ring (bicyclic) bond motifs is 1. The van der Waals surface area contributed by atoms with E-state index in [4.69, 9.17) is 14.2 Å². The summed E-state index contributed by atoms with van der Waals surface area (Å²) in [6.45, 7) is 8.57. The Hall–Kier alpha value is -3.32. The van der Waals surface area contributed by atoms with Gasteiger partial charge in [-0.15, -0.1) is 0 Å². The molecule has 2 aromatic rings. The molecule has 0 bridgehead atoms. The van der Waals surface area contributed by atoms with Crippen LogP contribution >= 0.6 is 0 Å². The fourth-order valence-corrected chi connectivity index (χ4v) is 4.45. The van der Waals surface area contributed by atoms with Crippen LogP contribution in [-0.2, 0) is 36.8 Å². The maximum absolute atomic E-state index is 12.7. The van der Waals surface area contributed by atoms with Crippen molar-refractivity contribution in [3.8, 4) is 0 Å². The van der Waals surface area contributed by atoms with Gasteiger partial charge in [0.1, 0.15) is 6.61 Å². The van der Waals surface area contributed by atoms with E-state index in [2.05, 4.69) is 5.32 Å². The molecule has 40 heavy (non-hydrogen) atoms. The van der Waals surface area contributed by atoms with Crippen LogP contribution in [0.5, 0.6) is 0 Å². The number of nitrogens with one attached hydrogen (secondary N) is 1. The molecule has 2 amide bonds. The number of unbranched alkanes of at least 4 members (excludes halogenated alkanes) is 1. The summed E-state index contributed by atoms with van der Waals surface area (Å²) in [6.07, 6.45) is 2.26. The van der Waals surface area contributed by atoms with E-state index in [1.54, 1.807) is 30.7 Å². The molecule has 1 aliphatic rings. The van der Waals surface area contributed by atoms with Crippen molar-refractivity contribution in [3.05, 3.63) is 71.3 Å². The van der Waals surface area contributed by atoms with E-state index in [0.717, 1.165) is 34.6 Å². The van der Waals surface area contributed by atoms with E-state index in [9.17, 15) is 19.2 Å². The van der Waals surface area contributed by atoms with E-state index in [1.165, 1.54) is 0 Å². The Kier molecular flexibility index (Phi) is 13.7. The number of hydrogen-bond donors (Lipinski definition) is 1. The van der Waals surface area contributed by atoms with Gasteiger partial charge < -0.3 is 4.74 Å². The second-order valence-corrected chi connectivity index (χ2v) is 11.5. The molecular formula is C30H41AsN2O7. The van der Waals surface area contributed by atoms with Crippen LogP contribution in [0.4, 0.5) is 4.79 Å². The van der Waals surface area contributed by atoms with Crippen molar-refractivity contribution >= 4 is 41.0 Å². The summed E-state index contributed by atoms with van der Waals surface area (Å²) in [6, 6.07) is 16.4. The van der Waals surface area contributed by atoms with Crippen LogP contribution in [0.15, 0.2) is 54.6 Å². The molecule has 2 aromatic carbocycles. The summed E-state index contributed by atoms with van der Waals surface area (Å²) in [5.41, 5.74) is 2.15. The number of rotatable bonds is 11. The van der Waals surface area contributed by atoms with Crippen LogP contribution in [0, 0.1) is 0 Å². The molecule has 1 heterocycles. The Labute approximate surface area is 245 Å². The van der Waals surface area contributed by atoms with Crippen LogP contribution < -0.4 is 5.32 Å². The predicted molar refractivity (Wildman–Crippen MR) is 154 cm³/mol. The largest absolute Gasteiger partial charge is 0.457 e. The quantitative estimate of drug-likeness (QED) is 0.176. The molecule has 3 rings (SSSR count). The van der Waals surface area contributed by atoms with E-state index in [-0.39, 0.29) is 17.8 Å². The van der Waals surface area contributed by atoms with Crippen LogP contribution in [0.2, 0.25) is 0 Å². The number of alkyl carbamates (subject to hydrolysis) is 1. The third-order valence-corrected chi connectivity index (χ3v) is 7.06. The molecule has 0 saturated heterocycles. The fourth-order valence-electron chi connectivity index (χ4n) is 3.71. The normalized spacial score (nSPS) is 12.7. The molecule has 10 heteroatoms. The minimum Gasteiger partial charge on any atom is -0.457 e. The molecule has 9 nitrogen and oxygen atoms in total. The maximum atomic E-state index is 12.7. The molecular weight excluding hydrogens is 575 g/mol.